The highest BCUT2D eigenvalue weighted by molar-refractivity contribution is 6.17. The number of carbonyl (C=O) groups is 1. The number of nitrogens with one attached hydrogen (secondary N) is 2. The third kappa shape index (κ3) is 3.84. The van der Waals surface area contributed by atoms with E-state index in [9.17, 15) is 18.0 Å². The lowest BCUT2D eigenvalue weighted by Gasteiger charge is -2.09. The van der Waals surface area contributed by atoms with Crippen LogP contribution in [0.2, 0.25) is 0 Å². The lowest BCUT2D eigenvalue weighted by Crippen LogP contribution is -2.18. The molecule has 0 fully saturated rings. The van der Waals surface area contributed by atoms with E-state index >= 15 is 0 Å². The Morgan fingerprint density at radius 3 is 2.21 bits per heavy atom. The van der Waals surface area contributed by atoms with Crippen molar-refractivity contribution in [3.05, 3.63) is 41.1 Å². The molecule has 0 spiro atoms. The molecule has 0 unspecified atom stereocenters. The van der Waals surface area contributed by atoms with Crippen LogP contribution in [0.1, 0.15) is 12.5 Å². The SMILES string of the molecule is C/C(N)=C(/C=N)C(=O)Nc1ccc(C(F)(F)F)cc1. The minimum Gasteiger partial charge on any atom is -0.402 e. The number of hydrogen-bond acceptors (Lipinski definition) is 3. The largest absolute Gasteiger partial charge is 0.416 e. The number of allylic oxidation sites excluding steroid dienone is 1. The molecule has 4 nitrogen and oxygen atoms in total. The van der Waals surface area contributed by atoms with Crippen LogP contribution in [0, 0.1) is 5.41 Å². The molecule has 102 valence electrons. The van der Waals surface area contributed by atoms with Gasteiger partial charge in [-0.2, -0.15) is 13.2 Å². The lowest BCUT2D eigenvalue weighted by atomic mass is 10.2. The summed E-state index contributed by atoms with van der Waals surface area (Å²) >= 11 is 0. The molecule has 0 aliphatic rings. The van der Waals surface area contributed by atoms with Gasteiger partial charge >= 0.3 is 6.18 Å². The summed E-state index contributed by atoms with van der Waals surface area (Å²) in [4.78, 5) is 11.6. The second-order valence-electron chi connectivity index (χ2n) is 3.77. The van der Waals surface area contributed by atoms with Gasteiger partial charge in [-0.3, -0.25) is 4.79 Å². The van der Waals surface area contributed by atoms with E-state index in [1.807, 2.05) is 0 Å². The highest BCUT2D eigenvalue weighted by Gasteiger charge is 2.30. The average molecular weight is 271 g/mol. The number of anilines is 1. The van der Waals surface area contributed by atoms with E-state index in [1.165, 1.54) is 6.92 Å². The summed E-state index contributed by atoms with van der Waals surface area (Å²) in [6, 6.07) is 3.99. The summed E-state index contributed by atoms with van der Waals surface area (Å²) in [5.74, 6) is -0.644. The molecule has 0 bridgehead atoms. The van der Waals surface area contributed by atoms with Gasteiger partial charge in [0.05, 0.1) is 11.1 Å². The molecule has 1 aromatic carbocycles. The van der Waals surface area contributed by atoms with E-state index in [1.54, 1.807) is 0 Å². The van der Waals surface area contributed by atoms with Gasteiger partial charge in [-0.05, 0) is 31.2 Å². The number of nitrogens with two attached hydrogens (primary N) is 1. The smallest absolute Gasteiger partial charge is 0.402 e. The summed E-state index contributed by atoms with van der Waals surface area (Å²) in [6.45, 7) is 1.45. The van der Waals surface area contributed by atoms with E-state index < -0.39 is 17.6 Å². The lowest BCUT2D eigenvalue weighted by molar-refractivity contribution is -0.137. The van der Waals surface area contributed by atoms with Gasteiger partial charge in [0.15, 0.2) is 0 Å². The highest BCUT2D eigenvalue weighted by atomic mass is 19.4. The van der Waals surface area contributed by atoms with Crippen molar-refractivity contribution in [3.8, 4) is 0 Å². The normalized spacial score (nSPS) is 12.6. The summed E-state index contributed by atoms with van der Waals surface area (Å²) in [7, 11) is 0. The molecule has 7 heteroatoms. The fraction of sp³-hybridized carbons (Fsp3) is 0.167. The molecule has 0 saturated heterocycles. The summed E-state index contributed by atoms with van der Waals surface area (Å²) in [6.07, 6.45) is -3.63. The molecule has 1 amide bonds. The van der Waals surface area contributed by atoms with Crippen molar-refractivity contribution in [2.24, 2.45) is 5.73 Å². The molecular formula is C12H12F3N3O. The Labute approximate surface area is 107 Å². The molecule has 0 saturated carbocycles. The second kappa shape index (κ2) is 5.55. The standard InChI is InChI=1S/C12H12F3N3O/c1-7(17)10(6-16)11(19)18-9-4-2-8(3-5-9)12(13,14)15/h2-6,16H,17H2,1H3,(H,18,19)/b10-7+,16-6?. The zero-order valence-electron chi connectivity index (χ0n) is 10.0. The number of alkyl halides is 3. The quantitative estimate of drug-likeness (QED) is 0.583. The van der Waals surface area contributed by atoms with Crippen LogP contribution in [0.5, 0.6) is 0 Å². The van der Waals surface area contributed by atoms with Crippen molar-refractivity contribution in [1.29, 1.82) is 5.41 Å². The van der Waals surface area contributed by atoms with E-state index in [2.05, 4.69) is 5.32 Å². The fourth-order valence-corrected chi connectivity index (χ4v) is 1.30. The van der Waals surface area contributed by atoms with Crippen LogP contribution in [-0.2, 0) is 11.0 Å². The van der Waals surface area contributed by atoms with Crippen molar-refractivity contribution in [1.82, 2.24) is 0 Å². The molecule has 0 aliphatic carbocycles. The van der Waals surface area contributed by atoms with E-state index in [-0.39, 0.29) is 17.0 Å². The van der Waals surface area contributed by atoms with Crippen molar-refractivity contribution in [2.45, 2.75) is 13.1 Å². The fourth-order valence-electron chi connectivity index (χ4n) is 1.30. The van der Waals surface area contributed by atoms with Crippen LogP contribution >= 0.6 is 0 Å². The maximum absolute atomic E-state index is 12.3. The summed E-state index contributed by atoms with van der Waals surface area (Å²) in [5, 5.41) is 9.39. The number of benzene rings is 1. The van der Waals surface area contributed by atoms with Crippen LogP contribution < -0.4 is 11.1 Å². The maximum atomic E-state index is 12.3. The topological polar surface area (TPSA) is 79.0 Å². The number of carbonyl (C=O) groups excluding carboxylic acids is 1. The predicted molar refractivity (Wildman–Crippen MR) is 65.7 cm³/mol. The van der Waals surface area contributed by atoms with Crippen molar-refractivity contribution in [2.75, 3.05) is 5.32 Å². The Balaban J connectivity index is 2.88. The Bertz CT molecular complexity index is 514. The highest BCUT2D eigenvalue weighted by Crippen LogP contribution is 2.29. The third-order valence-corrected chi connectivity index (χ3v) is 2.28. The van der Waals surface area contributed by atoms with E-state index in [4.69, 9.17) is 11.1 Å². The summed E-state index contributed by atoms with van der Waals surface area (Å²) < 4.78 is 37.0. The third-order valence-electron chi connectivity index (χ3n) is 2.28. The predicted octanol–water partition coefficient (Wildman–Crippen LogP) is 2.53. The zero-order valence-corrected chi connectivity index (χ0v) is 10.0. The van der Waals surface area contributed by atoms with Gasteiger partial charge in [0.25, 0.3) is 5.91 Å². The molecule has 19 heavy (non-hydrogen) atoms. The molecule has 1 aromatic rings. The molecule has 1 rings (SSSR count). The zero-order chi connectivity index (χ0) is 14.6. The minimum atomic E-state index is -4.42. The number of hydrogen-bond donors (Lipinski definition) is 3. The second-order valence-corrected chi connectivity index (χ2v) is 3.77. The van der Waals surface area contributed by atoms with Gasteiger partial charge in [-0.15, -0.1) is 0 Å². The minimum absolute atomic E-state index is 0.0418. The first-order chi connectivity index (χ1) is 8.75. The first-order valence-corrected chi connectivity index (χ1v) is 5.21. The monoisotopic (exact) mass is 271 g/mol. The maximum Gasteiger partial charge on any atom is 0.416 e. The Morgan fingerprint density at radius 1 is 1.32 bits per heavy atom. The van der Waals surface area contributed by atoms with Gasteiger partial charge < -0.3 is 16.5 Å². The molecule has 0 atom stereocenters. The molecule has 0 radical (unpaired) electrons. The van der Waals surface area contributed by atoms with Crippen molar-refractivity contribution in [3.63, 3.8) is 0 Å². The van der Waals surface area contributed by atoms with Gasteiger partial charge in [0, 0.05) is 17.6 Å². The molecule has 0 aromatic heterocycles. The molecular weight excluding hydrogens is 259 g/mol. The number of halogens is 3. The number of amides is 1. The van der Waals surface area contributed by atoms with Crippen LogP contribution in [0.3, 0.4) is 0 Å². The van der Waals surface area contributed by atoms with Crippen LogP contribution in [-0.4, -0.2) is 12.1 Å². The Kier molecular flexibility index (Phi) is 4.31. The Hall–Kier alpha value is -2.31. The van der Waals surface area contributed by atoms with Crippen LogP contribution in [0.15, 0.2) is 35.5 Å². The number of rotatable bonds is 3. The van der Waals surface area contributed by atoms with Gasteiger partial charge in [0.2, 0.25) is 0 Å². The molecule has 0 heterocycles. The first-order valence-electron chi connectivity index (χ1n) is 5.21. The van der Waals surface area contributed by atoms with Crippen molar-refractivity contribution >= 4 is 17.8 Å². The summed E-state index contributed by atoms with van der Waals surface area (Å²) in [5.41, 5.74) is 4.90. The van der Waals surface area contributed by atoms with Crippen LogP contribution in [0.4, 0.5) is 18.9 Å². The van der Waals surface area contributed by atoms with Gasteiger partial charge in [-0.25, -0.2) is 0 Å². The van der Waals surface area contributed by atoms with E-state index in [0.717, 1.165) is 30.5 Å². The van der Waals surface area contributed by atoms with E-state index in [0.29, 0.717) is 0 Å². The molecule has 0 aliphatic heterocycles. The van der Waals surface area contributed by atoms with Crippen LogP contribution in [0.25, 0.3) is 0 Å². The van der Waals surface area contributed by atoms with Gasteiger partial charge in [0.1, 0.15) is 0 Å². The van der Waals surface area contributed by atoms with Crippen molar-refractivity contribution < 1.29 is 18.0 Å². The average Bonchev–Trinajstić information content (AvgIpc) is 2.28. The Morgan fingerprint density at radius 2 is 1.84 bits per heavy atom. The van der Waals surface area contributed by atoms with Gasteiger partial charge in [-0.1, -0.05) is 0 Å². The molecule has 4 N–H and O–H groups in total. The first kappa shape index (κ1) is 14.7.